The van der Waals surface area contributed by atoms with Crippen molar-refractivity contribution in [1.29, 1.82) is 0 Å². The van der Waals surface area contributed by atoms with E-state index in [0.29, 0.717) is 0 Å². The molecule has 1 aliphatic carbocycles. The molecule has 0 amide bonds. The molecule has 0 spiro atoms. The van der Waals surface area contributed by atoms with Gasteiger partial charge >= 0.3 is 29.2 Å². The number of hydrogen-bond donors (Lipinski definition) is 6. The van der Waals surface area contributed by atoms with Crippen LogP contribution < -0.4 is 11.4 Å². The van der Waals surface area contributed by atoms with Gasteiger partial charge in [-0.1, -0.05) is 6.08 Å². The first-order valence-electron chi connectivity index (χ1n) is 8.28. The molecule has 20 heteroatoms. The van der Waals surface area contributed by atoms with Gasteiger partial charge in [0, 0.05) is 6.20 Å². The van der Waals surface area contributed by atoms with Crippen molar-refractivity contribution in [3.8, 4) is 0 Å². The Bertz CT molecular complexity index is 1140. The van der Waals surface area contributed by atoms with Crippen LogP contribution in [0, 0.1) is 0 Å². The van der Waals surface area contributed by atoms with Crippen LogP contribution in [0.25, 0.3) is 0 Å². The van der Waals surface area contributed by atoms with E-state index in [9.17, 15) is 28.5 Å². The number of rotatable bonds is 9. The van der Waals surface area contributed by atoms with Gasteiger partial charge in [-0.3, -0.25) is 9.09 Å². The highest BCUT2D eigenvalue weighted by Gasteiger charge is 2.82. The van der Waals surface area contributed by atoms with Crippen molar-refractivity contribution in [3.63, 3.8) is 0 Å². The molecule has 0 aromatic carbocycles. The second-order valence-electron chi connectivity index (χ2n) is 6.78. The molecule has 7 atom stereocenters. The average molecular weight is 523 g/mol. The Kier molecular flexibility index (Phi) is 6.23. The van der Waals surface area contributed by atoms with Crippen LogP contribution in [0.3, 0.4) is 0 Å². The second kappa shape index (κ2) is 7.87. The highest BCUT2D eigenvalue weighted by molar-refractivity contribution is 7.66. The molecular formula is C12H17FN3O13P3. The summed E-state index contributed by atoms with van der Waals surface area (Å²) in [5.74, 6) is -0.122. The summed E-state index contributed by atoms with van der Waals surface area (Å²) in [4.78, 5) is 51.1. The quantitative estimate of drug-likeness (QED) is 0.170. The minimum Gasteiger partial charge on any atom is -0.386 e. The molecule has 180 valence electrons. The van der Waals surface area contributed by atoms with Gasteiger partial charge in [0.2, 0.25) is 0 Å². The number of hydrogen-bond acceptors (Lipinski definition) is 11. The van der Waals surface area contributed by atoms with Crippen LogP contribution in [0.5, 0.6) is 0 Å². The van der Waals surface area contributed by atoms with Gasteiger partial charge in [0.25, 0.3) is 0 Å². The molecule has 1 aromatic rings. The predicted octanol–water partition coefficient (Wildman–Crippen LogP) is -0.884. The van der Waals surface area contributed by atoms with Gasteiger partial charge in [-0.15, -0.1) is 6.58 Å². The first kappa shape index (κ1) is 25.3. The standard InChI is InChI=1S/C12H17FN3O13P3/c1-2-11(5-26-31(22,23)29-32(24,25)28-30(19,20)21)9(17)12(13)7(8(12)27-11)16-4-3-6(14)15-10(16)18/h2-4,7-9,17H,1,5H2,(H,22,23)(H,24,25)(H2,14,15,18)(H2,19,20,21)/t7?,8-,9+,11+,12+/m0/s1. The van der Waals surface area contributed by atoms with Crippen LogP contribution in [0.1, 0.15) is 6.04 Å². The van der Waals surface area contributed by atoms with E-state index in [4.69, 9.17) is 25.2 Å². The molecule has 1 aromatic heterocycles. The van der Waals surface area contributed by atoms with Crippen LogP contribution in [0.2, 0.25) is 0 Å². The van der Waals surface area contributed by atoms with Gasteiger partial charge in [-0.25, -0.2) is 22.9 Å². The van der Waals surface area contributed by atoms with Crippen LogP contribution in [-0.2, 0) is 31.6 Å². The van der Waals surface area contributed by atoms with Crippen molar-refractivity contribution in [2.24, 2.45) is 0 Å². The normalized spacial score (nSPS) is 35.5. The van der Waals surface area contributed by atoms with Crippen molar-refractivity contribution < 1.29 is 60.6 Å². The van der Waals surface area contributed by atoms with Crippen LogP contribution in [-0.4, -0.2) is 64.3 Å². The summed E-state index contributed by atoms with van der Waals surface area (Å²) in [7, 11) is -16.9. The molecule has 0 bridgehead atoms. The molecular weight excluding hydrogens is 506 g/mol. The first-order valence-corrected chi connectivity index (χ1v) is 12.8. The maximum absolute atomic E-state index is 15.4. The van der Waals surface area contributed by atoms with E-state index in [0.717, 1.165) is 16.8 Å². The van der Waals surface area contributed by atoms with Crippen LogP contribution >= 0.6 is 23.5 Å². The maximum atomic E-state index is 15.4. The summed E-state index contributed by atoms with van der Waals surface area (Å²) in [6.45, 7) is 2.17. The third-order valence-corrected chi connectivity index (χ3v) is 8.44. The summed E-state index contributed by atoms with van der Waals surface area (Å²) in [6, 6.07) is -0.112. The molecule has 1 saturated carbocycles. The topological polar surface area (TPSA) is 250 Å². The van der Waals surface area contributed by atoms with Gasteiger partial charge in [0.15, 0.2) is 5.67 Å². The molecule has 32 heavy (non-hydrogen) atoms. The predicted molar refractivity (Wildman–Crippen MR) is 99.4 cm³/mol. The van der Waals surface area contributed by atoms with E-state index in [1.54, 1.807) is 0 Å². The van der Waals surface area contributed by atoms with Crippen LogP contribution in [0.15, 0.2) is 29.7 Å². The molecule has 2 fully saturated rings. The number of phosphoric acid groups is 3. The number of fused-ring (bicyclic) bond motifs is 1. The Labute approximate surface area is 177 Å². The fraction of sp³-hybridized carbons (Fsp3) is 0.500. The number of nitrogens with two attached hydrogens (primary N) is 1. The van der Waals surface area contributed by atoms with Gasteiger partial charge in [-0.05, 0) is 6.07 Å². The first-order chi connectivity index (χ1) is 14.5. The number of halogens is 1. The van der Waals surface area contributed by atoms with Gasteiger partial charge < -0.3 is 35.2 Å². The lowest BCUT2D eigenvalue weighted by Crippen LogP contribution is -2.49. The van der Waals surface area contributed by atoms with Crippen molar-refractivity contribution in [1.82, 2.24) is 9.55 Å². The Morgan fingerprint density at radius 1 is 1.28 bits per heavy atom. The maximum Gasteiger partial charge on any atom is 0.490 e. The average Bonchev–Trinajstić information content (AvgIpc) is 3.11. The van der Waals surface area contributed by atoms with Crippen molar-refractivity contribution in [3.05, 3.63) is 35.4 Å². The molecule has 3 unspecified atom stereocenters. The van der Waals surface area contributed by atoms with Gasteiger partial charge in [0.05, 0.1) is 6.61 Å². The summed E-state index contributed by atoms with van der Waals surface area (Å²) in [6.07, 6.45) is -1.59. The molecule has 16 nitrogen and oxygen atoms in total. The lowest BCUT2D eigenvalue weighted by Gasteiger charge is -2.33. The number of alkyl halides is 1. The van der Waals surface area contributed by atoms with Gasteiger partial charge in [-0.2, -0.15) is 13.6 Å². The van der Waals surface area contributed by atoms with Crippen molar-refractivity contribution in [2.45, 2.75) is 29.5 Å². The van der Waals surface area contributed by atoms with Crippen molar-refractivity contribution >= 4 is 29.3 Å². The Morgan fingerprint density at radius 2 is 1.91 bits per heavy atom. The monoisotopic (exact) mass is 523 g/mol. The number of phosphoric ester groups is 1. The fourth-order valence-corrected chi connectivity index (χ4v) is 6.35. The summed E-state index contributed by atoms with van der Waals surface area (Å²) in [5, 5.41) is 10.5. The van der Waals surface area contributed by atoms with E-state index in [-0.39, 0.29) is 5.82 Å². The van der Waals surface area contributed by atoms with E-state index < -0.39 is 65.3 Å². The fourth-order valence-electron chi connectivity index (χ4n) is 3.29. The Morgan fingerprint density at radius 3 is 2.38 bits per heavy atom. The molecule has 2 aliphatic rings. The third-order valence-electron chi connectivity index (χ3n) is 4.66. The van der Waals surface area contributed by atoms with Crippen molar-refractivity contribution in [2.75, 3.05) is 12.3 Å². The summed E-state index contributed by atoms with van der Waals surface area (Å²) in [5.41, 5.74) is -0.304. The number of aliphatic hydroxyl groups excluding tert-OH is 1. The van der Waals surface area contributed by atoms with E-state index >= 15 is 4.39 Å². The molecule has 0 radical (unpaired) electrons. The SMILES string of the molecule is C=C[C@]1(COP(=O)(O)OP(=O)(O)OP(=O)(O)O)O[C@H]2C(n3ccc(N)nc3=O)[C@]2(F)[C@@H]1O. The largest absolute Gasteiger partial charge is 0.490 e. The number of ether oxygens (including phenoxy) is 1. The number of anilines is 1. The highest BCUT2D eigenvalue weighted by atomic mass is 31.3. The smallest absolute Gasteiger partial charge is 0.386 e. The number of nitrogen functional groups attached to an aromatic ring is 1. The highest BCUT2D eigenvalue weighted by Crippen LogP contribution is 2.68. The number of aliphatic hydroxyl groups is 1. The number of aromatic nitrogens is 2. The number of nitrogens with zero attached hydrogens (tertiary/aromatic N) is 2. The molecule has 1 saturated heterocycles. The lowest BCUT2D eigenvalue weighted by atomic mass is 9.94. The van der Waals surface area contributed by atoms with Crippen LogP contribution in [0.4, 0.5) is 10.2 Å². The second-order valence-corrected chi connectivity index (χ2v) is 11.2. The van der Waals surface area contributed by atoms with E-state index in [2.05, 4.69) is 24.7 Å². The lowest BCUT2D eigenvalue weighted by molar-refractivity contribution is -0.0979. The summed E-state index contributed by atoms with van der Waals surface area (Å²) >= 11 is 0. The third kappa shape index (κ3) is 4.66. The van der Waals surface area contributed by atoms with Gasteiger partial charge in [0.1, 0.15) is 29.7 Å². The molecule has 1 aliphatic heterocycles. The minimum atomic E-state index is -5.78. The van der Waals surface area contributed by atoms with E-state index in [1.807, 2.05) is 0 Å². The molecule has 2 heterocycles. The zero-order valence-corrected chi connectivity index (χ0v) is 18.3. The van der Waals surface area contributed by atoms with E-state index in [1.165, 1.54) is 6.07 Å². The Hall–Kier alpha value is -1.32. The molecule has 7 N–H and O–H groups in total. The zero-order valence-electron chi connectivity index (χ0n) is 15.6. The molecule has 3 rings (SSSR count). The zero-order chi connectivity index (χ0) is 24.3. The Balaban J connectivity index is 1.73. The summed E-state index contributed by atoms with van der Waals surface area (Å²) < 4.78 is 67.1. The minimum absolute atomic E-state index is 0.122.